The van der Waals surface area contributed by atoms with Crippen LogP contribution in [0.25, 0.3) is 0 Å². The summed E-state index contributed by atoms with van der Waals surface area (Å²) in [5, 5.41) is 8.85. The maximum absolute atomic E-state index is 12.7. The van der Waals surface area contributed by atoms with Crippen molar-refractivity contribution >= 4 is 11.9 Å². The zero-order valence-electron chi connectivity index (χ0n) is 14.3. The minimum absolute atomic E-state index is 0.0200. The molecule has 128 valence electrons. The zero-order chi connectivity index (χ0) is 17.4. The fourth-order valence-electron chi connectivity index (χ4n) is 2.03. The van der Waals surface area contributed by atoms with Gasteiger partial charge in [0.15, 0.2) is 0 Å². The van der Waals surface area contributed by atoms with Gasteiger partial charge in [0.2, 0.25) is 5.88 Å². The number of carbonyl (C=O) groups is 2. The number of aromatic nitrogens is 1. The van der Waals surface area contributed by atoms with Crippen LogP contribution in [-0.4, -0.2) is 46.1 Å². The average molecular weight is 322 g/mol. The Labute approximate surface area is 137 Å². The first-order valence-corrected chi connectivity index (χ1v) is 7.97. The van der Waals surface area contributed by atoms with E-state index in [1.54, 1.807) is 17.0 Å². The van der Waals surface area contributed by atoms with Crippen molar-refractivity contribution in [2.24, 2.45) is 5.92 Å². The summed E-state index contributed by atoms with van der Waals surface area (Å²) in [5.41, 5.74) is 0.462. The van der Waals surface area contributed by atoms with Crippen LogP contribution in [0.15, 0.2) is 18.3 Å². The summed E-state index contributed by atoms with van der Waals surface area (Å²) >= 11 is 0. The van der Waals surface area contributed by atoms with E-state index >= 15 is 0 Å². The van der Waals surface area contributed by atoms with Gasteiger partial charge in [0, 0.05) is 30.9 Å². The minimum Gasteiger partial charge on any atom is -0.481 e. The van der Waals surface area contributed by atoms with Crippen molar-refractivity contribution in [3.05, 3.63) is 23.9 Å². The van der Waals surface area contributed by atoms with Crippen molar-refractivity contribution in [1.29, 1.82) is 0 Å². The number of nitrogens with zero attached hydrogens (tertiary/aromatic N) is 2. The molecule has 6 heteroatoms. The lowest BCUT2D eigenvalue weighted by molar-refractivity contribution is -0.137. The standard InChI is InChI=1S/C17H26N2O4/c1-5-13(4)23-15-10-14(6-8-18-15)17(22)19(11-12(2)3)9-7-16(20)21/h6,8,10,12-13H,5,7,9,11H2,1-4H3,(H,20,21). The number of pyridine rings is 1. The van der Waals surface area contributed by atoms with E-state index in [9.17, 15) is 9.59 Å². The van der Waals surface area contributed by atoms with Crippen molar-refractivity contribution in [2.75, 3.05) is 13.1 Å². The van der Waals surface area contributed by atoms with Crippen LogP contribution in [0.5, 0.6) is 5.88 Å². The van der Waals surface area contributed by atoms with Crippen LogP contribution in [-0.2, 0) is 4.79 Å². The molecule has 0 aliphatic rings. The first kappa shape index (κ1) is 18.9. The summed E-state index contributed by atoms with van der Waals surface area (Å²) in [6.45, 7) is 8.63. The first-order chi connectivity index (χ1) is 10.8. The van der Waals surface area contributed by atoms with E-state index in [0.717, 1.165) is 6.42 Å². The molecule has 0 aliphatic carbocycles. The third kappa shape index (κ3) is 6.67. The molecular weight excluding hydrogens is 296 g/mol. The van der Waals surface area contributed by atoms with Gasteiger partial charge in [-0.25, -0.2) is 4.98 Å². The number of aliphatic carboxylic acids is 1. The number of carbonyl (C=O) groups excluding carboxylic acids is 1. The summed E-state index contributed by atoms with van der Waals surface area (Å²) in [6, 6.07) is 3.24. The van der Waals surface area contributed by atoms with Gasteiger partial charge in [0.05, 0.1) is 12.5 Å². The monoisotopic (exact) mass is 322 g/mol. The topological polar surface area (TPSA) is 79.7 Å². The van der Waals surface area contributed by atoms with Crippen LogP contribution in [0, 0.1) is 5.92 Å². The summed E-state index contributed by atoms with van der Waals surface area (Å²) in [7, 11) is 0. The fraction of sp³-hybridized carbons (Fsp3) is 0.588. The van der Waals surface area contributed by atoms with Crippen molar-refractivity contribution in [3.8, 4) is 5.88 Å². The molecule has 1 N–H and O–H groups in total. The smallest absolute Gasteiger partial charge is 0.305 e. The number of hydrogen-bond acceptors (Lipinski definition) is 4. The zero-order valence-corrected chi connectivity index (χ0v) is 14.3. The number of ether oxygens (including phenoxy) is 1. The molecule has 1 amide bonds. The number of rotatable bonds is 9. The van der Waals surface area contributed by atoms with E-state index in [2.05, 4.69) is 4.98 Å². The highest BCUT2D eigenvalue weighted by atomic mass is 16.5. The highest BCUT2D eigenvalue weighted by Gasteiger charge is 2.19. The van der Waals surface area contributed by atoms with E-state index in [1.165, 1.54) is 6.20 Å². The molecule has 1 rings (SSSR count). The summed E-state index contributed by atoms with van der Waals surface area (Å²) in [4.78, 5) is 29.1. The molecule has 0 bridgehead atoms. The van der Waals surface area contributed by atoms with Gasteiger partial charge in [0.25, 0.3) is 5.91 Å². The quantitative estimate of drug-likeness (QED) is 0.756. The molecule has 1 aromatic heterocycles. The third-order valence-electron chi connectivity index (χ3n) is 3.35. The van der Waals surface area contributed by atoms with Gasteiger partial charge in [0.1, 0.15) is 0 Å². The lowest BCUT2D eigenvalue weighted by Crippen LogP contribution is -2.36. The molecule has 0 aliphatic heterocycles. The Hall–Kier alpha value is -2.11. The number of amides is 1. The van der Waals surface area contributed by atoms with Crippen molar-refractivity contribution in [3.63, 3.8) is 0 Å². The van der Waals surface area contributed by atoms with Crippen molar-refractivity contribution in [2.45, 2.75) is 46.6 Å². The molecular formula is C17H26N2O4. The molecule has 0 aromatic carbocycles. The molecule has 0 radical (unpaired) electrons. The Morgan fingerprint density at radius 3 is 2.61 bits per heavy atom. The highest BCUT2D eigenvalue weighted by Crippen LogP contribution is 2.15. The van der Waals surface area contributed by atoms with Crippen LogP contribution in [0.2, 0.25) is 0 Å². The Morgan fingerprint density at radius 2 is 2.04 bits per heavy atom. The summed E-state index contributed by atoms with van der Waals surface area (Å²) in [5.74, 6) is -0.447. The average Bonchev–Trinajstić information content (AvgIpc) is 2.50. The number of hydrogen-bond donors (Lipinski definition) is 1. The Bertz CT molecular complexity index is 531. The van der Waals surface area contributed by atoms with Crippen LogP contribution >= 0.6 is 0 Å². The maximum Gasteiger partial charge on any atom is 0.305 e. The molecule has 0 spiro atoms. The molecule has 1 heterocycles. The Balaban J connectivity index is 2.89. The number of carboxylic acids is 1. The van der Waals surface area contributed by atoms with Gasteiger partial charge >= 0.3 is 5.97 Å². The van der Waals surface area contributed by atoms with E-state index in [0.29, 0.717) is 18.0 Å². The van der Waals surface area contributed by atoms with Crippen molar-refractivity contribution in [1.82, 2.24) is 9.88 Å². The molecule has 1 unspecified atom stereocenters. The van der Waals surface area contributed by atoms with E-state index < -0.39 is 5.97 Å². The molecule has 0 fully saturated rings. The van der Waals surface area contributed by atoms with Crippen LogP contribution in [0.3, 0.4) is 0 Å². The van der Waals surface area contributed by atoms with Gasteiger partial charge in [-0.05, 0) is 25.3 Å². The second-order valence-electron chi connectivity index (χ2n) is 6.01. The Kier molecular flexibility index (Phi) is 7.51. The van der Waals surface area contributed by atoms with Crippen LogP contribution < -0.4 is 4.74 Å². The SMILES string of the molecule is CCC(C)Oc1cc(C(=O)N(CCC(=O)O)CC(C)C)ccn1. The fourth-order valence-corrected chi connectivity index (χ4v) is 2.03. The first-order valence-electron chi connectivity index (χ1n) is 7.97. The summed E-state index contributed by atoms with van der Waals surface area (Å²) in [6.07, 6.45) is 2.33. The van der Waals surface area contributed by atoms with Crippen LogP contribution in [0.4, 0.5) is 0 Å². The minimum atomic E-state index is -0.915. The largest absolute Gasteiger partial charge is 0.481 e. The van der Waals surface area contributed by atoms with Gasteiger partial charge in [-0.2, -0.15) is 0 Å². The van der Waals surface area contributed by atoms with E-state index in [-0.39, 0.29) is 30.9 Å². The number of carboxylic acid groups (broad SMARTS) is 1. The second-order valence-corrected chi connectivity index (χ2v) is 6.01. The third-order valence-corrected chi connectivity index (χ3v) is 3.35. The predicted octanol–water partition coefficient (Wildman–Crippen LogP) is 2.83. The van der Waals surface area contributed by atoms with E-state index in [1.807, 2.05) is 27.7 Å². The predicted molar refractivity (Wildman–Crippen MR) is 87.6 cm³/mol. The highest BCUT2D eigenvalue weighted by molar-refractivity contribution is 5.94. The molecule has 0 saturated carbocycles. The molecule has 6 nitrogen and oxygen atoms in total. The normalized spacial score (nSPS) is 12.0. The summed E-state index contributed by atoms with van der Waals surface area (Å²) < 4.78 is 5.64. The molecule has 1 aromatic rings. The lowest BCUT2D eigenvalue weighted by atomic mass is 10.1. The Morgan fingerprint density at radius 1 is 1.35 bits per heavy atom. The van der Waals surface area contributed by atoms with Crippen molar-refractivity contribution < 1.29 is 19.4 Å². The molecule has 23 heavy (non-hydrogen) atoms. The maximum atomic E-state index is 12.7. The second kappa shape index (κ2) is 9.12. The molecule has 1 atom stereocenters. The lowest BCUT2D eigenvalue weighted by Gasteiger charge is -2.24. The van der Waals surface area contributed by atoms with Gasteiger partial charge < -0.3 is 14.7 Å². The van der Waals surface area contributed by atoms with Crippen LogP contribution in [0.1, 0.15) is 50.9 Å². The van der Waals surface area contributed by atoms with Gasteiger partial charge in [-0.15, -0.1) is 0 Å². The molecule has 0 saturated heterocycles. The van der Waals surface area contributed by atoms with Gasteiger partial charge in [-0.3, -0.25) is 9.59 Å². The van der Waals surface area contributed by atoms with Gasteiger partial charge in [-0.1, -0.05) is 20.8 Å². The van der Waals surface area contributed by atoms with E-state index in [4.69, 9.17) is 9.84 Å².